The van der Waals surface area contributed by atoms with Crippen molar-refractivity contribution in [2.45, 2.75) is 0 Å². The number of aromatic nitrogens is 2. The maximum absolute atomic E-state index is 12.5. The third-order valence-corrected chi connectivity index (χ3v) is 4.30. The molecule has 0 N–H and O–H groups in total. The Kier molecular flexibility index (Phi) is 4.34. The summed E-state index contributed by atoms with van der Waals surface area (Å²) in [6.45, 7) is 0. The van der Waals surface area contributed by atoms with E-state index in [9.17, 15) is 4.79 Å². The predicted octanol–water partition coefficient (Wildman–Crippen LogP) is 3.49. The molecular weight excluding hydrogens is 310 g/mol. The molecule has 0 radical (unpaired) electrons. The molecule has 0 spiro atoms. The smallest absolute Gasteiger partial charge is 0.273 e. The molecule has 0 unspecified atom stereocenters. The molecule has 3 aromatic rings. The van der Waals surface area contributed by atoms with Crippen LogP contribution >= 0.6 is 11.3 Å². The molecule has 0 fully saturated rings. The number of benzene rings is 1. The number of rotatable bonds is 4. The molecule has 2 heterocycles. The number of nitrogens with zero attached hydrogens (tertiary/aromatic N) is 3. The van der Waals surface area contributed by atoms with Gasteiger partial charge in [0.2, 0.25) is 0 Å². The van der Waals surface area contributed by atoms with Crippen LogP contribution < -0.4 is 9.64 Å². The van der Waals surface area contributed by atoms with Gasteiger partial charge in [-0.1, -0.05) is 30.3 Å². The van der Waals surface area contributed by atoms with Gasteiger partial charge in [-0.2, -0.15) is 0 Å². The van der Waals surface area contributed by atoms with E-state index in [-0.39, 0.29) is 5.91 Å². The van der Waals surface area contributed by atoms with Gasteiger partial charge in [0.05, 0.1) is 12.8 Å². The van der Waals surface area contributed by atoms with Crippen molar-refractivity contribution in [2.75, 3.05) is 19.1 Å². The summed E-state index contributed by atoms with van der Waals surface area (Å²) in [5.41, 5.74) is 1.75. The fourth-order valence-corrected chi connectivity index (χ4v) is 2.97. The molecule has 0 aliphatic heterocycles. The van der Waals surface area contributed by atoms with Crippen molar-refractivity contribution in [2.24, 2.45) is 0 Å². The predicted molar refractivity (Wildman–Crippen MR) is 91.1 cm³/mol. The third kappa shape index (κ3) is 3.07. The van der Waals surface area contributed by atoms with Gasteiger partial charge in [0, 0.05) is 12.6 Å². The van der Waals surface area contributed by atoms with E-state index in [1.807, 2.05) is 41.8 Å². The molecule has 0 bridgehead atoms. The van der Waals surface area contributed by atoms with Crippen LogP contribution in [0.25, 0.3) is 11.3 Å². The summed E-state index contributed by atoms with van der Waals surface area (Å²) in [6.07, 6.45) is 0. The van der Waals surface area contributed by atoms with E-state index < -0.39 is 0 Å². The van der Waals surface area contributed by atoms with Gasteiger partial charge < -0.3 is 4.74 Å². The summed E-state index contributed by atoms with van der Waals surface area (Å²) in [4.78, 5) is 14.5. The van der Waals surface area contributed by atoms with Crippen LogP contribution in [0.4, 0.5) is 5.82 Å². The molecule has 116 valence electrons. The van der Waals surface area contributed by atoms with Gasteiger partial charge in [0.1, 0.15) is 10.6 Å². The van der Waals surface area contributed by atoms with Gasteiger partial charge in [0.25, 0.3) is 5.91 Å². The Labute approximate surface area is 138 Å². The van der Waals surface area contributed by atoms with E-state index in [0.717, 1.165) is 11.3 Å². The maximum atomic E-state index is 12.5. The van der Waals surface area contributed by atoms with Crippen molar-refractivity contribution in [3.05, 3.63) is 58.8 Å². The molecule has 5 nitrogen and oxygen atoms in total. The fraction of sp³-hybridized carbons (Fsp3) is 0.118. The lowest BCUT2D eigenvalue weighted by Gasteiger charge is -2.15. The van der Waals surface area contributed by atoms with Crippen LogP contribution in [-0.2, 0) is 0 Å². The first-order valence-corrected chi connectivity index (χ1v) is 7.87. The zero-order chi connectivity index (χ0) is 16.2. The maximum Gasteiger partial charge on any atom is 0.273 e. The van der Waals surface area contributed by atoms with Crippen molar-refractivity contribution < 1.29 is 9.53 Å². The highest BCUT2D eigenvalue weighted by molar-refractivity contribution is 7.12. The SMILES string of the molecule is COc1ccsc1C(=O)N(C)c1ccc(-c2ccccc2)nn1. The topological polar surface area (TPSA) is 55.3 Å². The fourth-order valence-electron chi connectivity index (χ4n) is 2.14. The summed E-state index contributed by atoms with van der Waals surface area (Å²) in [7, 11) is 3.22. The Bertz CT molecular complexity index is 800. The van der Waals surface area contributed by atoms with Crippen molar-refractivity contribution in [3.8, 4) is 17.0 Å². The van der Waals surface area contributed by atoms with Crippen LogP contribution in [0.5, 0.6) is 5.75 Å². The second kappa shape index (κ2) is 6.58. The highest BCUT2D eigenvalue weighted by atomic mass is 32.1. The van der Waals surface area contributed by atoms with Gasteiger partial charge >= 0.3 is 0 Å². The molecule has 0 atom stereocenters. The minimum Gasteiger partial charge on any atom is -0.495 e. The zero-order valence-electron chi connectivity index (χ0n) is 12.8. The Balaban J connectivity index is 1.83. The number of hydrogen-bond donors (Lipinski definition) is 0. The van der Waals surface area contributed by atoms with Crippen LogP contribution in [0.2, 0.25) is 0 Å². The summed E-state index contributed by atoms with van der Waals surface area (Å²) in [5.74, 6) is 0.893. The minimum atomic E-state index is -0.168. The van der Waals surface area contributed by atoms with Gasteiger partial charge in [0.15, 0.2) is 5.82 Å². The molecule has 3 rings (SSSR count). The molecule has 1 amide bonds. The van der Waals surface area contributed by atoms with Crippen LogP contribution in [0, 0.1) is 0 Å². The van der Waals surface area contributed by atoms with E-state index in [1.165, 1.54) is 16.2 Å². The van der Waals surface area contributed by atoms with Crippen molar-refractivity contribution in [3.63, 3.8) is 0 Å². The average molecular weight is 325 g/mol. The lowest BCUT2D eigenvalue weighted by molar-refractivity contribution is 0.0993. The molecule has 0 saturated heterocycles. The average Bonchev–Trinajstić information content (AvgIpc) is 3.10. The standard InChI is InChI=1S/C17H15N3O2S/c1-20(17(21)16-14(22-2)10-11-23-16)15-9-8-13(18-19-15)12-6-4-3-5-7-12/h3-11H,1-2H3. The van der Waals surface area contributed by atoms with E-state index >= 15 is 0 Å². The summed E-state index contributed by atoms with van der Waals surface area (Å²) < 4.78 is 5.20. The Morgan fingerprint density at radius 1 is 1.09 bits per heavy atom. The van der Waals surface area contributed by atoms with E-state index in [2.05, 4.69) is 10.2 Å². The van der Waals surface area contributed by atoms with Crippen molar-refractivity contribution in [1.82, 2.24) is 10.2 Å². The van der Waals surface area contributed by atoms with Crippen LogP contribution in [0.15, 0.2) is 53.9 Å². The molecule has 0 saturated carbocycles. The first kappa shape index (κ1) is 15.2. The number of amides is 1. The normalized spacial score (nSPS) is 10.3. The van der Waals surface area contributed by atoms with Crippen LogP contribution in [0.3, 0.4) is 0 Å². The number of anilines is 1. The molecule has 0 aliphatic rings. The Morgan fingerprint density at radius 3 is 2.52 bits per heavy atom. The van der Waals surface area contributed by atoms with Gasteiger partial charge in [-0.05, 0) is 23.6 Å². The monoisotopic (exact) mass is 325 g/mol. The highest BCUT2D eigenvalue weighted by Gasteiger charge is 2.20. The Morgan fingerprint density at radius 2 is 1.87 bits per heavy atom. The minimum absolute atomic E-state index is 0.168. The van der Waals surface area contributed by atoms with Gasteiger partial charge in [-0.15, -0.1) is 21.5 Å². The van der Waals surface area contributed by atoms with Crippen LogP contribution in [-0.4, -0.2) is 30.3 Å². The van der Waals surface area contributed by atoms with E-state index in [0.29, 0.717) is 16.4 Å². The summed E-state index contributed by atoms with van der Waals surface area (Å²) >= 11 is 1.34. The van der Waals surface area contributed by atoms with Gasteiger partial charge in [-0.3, -0.25) is 9.69 Å². The Hall–Kier alpha value is -2.73. The largest absolute Gasteiger partial charge is 0.495 e. The van der Waals surface area contributed by atoms with Crippen molar-refractivity contribution >= 4 is 23.1 Å². The molecule has 0 aliphatic carbocycles. The summed E-state index contributed by atoms with van der Waals surface area (Å²) in [5, 5.41) is 10.2. The number of methoxy groups -OCH3 is 1. The zero-order valence-corrected chi connectivity index (χ0v) is 13.6. The second-order valence-corrected chi connectivity index (χ2v) is 5.74. The number of carbonyl (C=O) groups is 1. The molecule has 2 aromatic heterocycles. The van der Waals surface area contributed by atoms with Crippen molar-refractivity contribution in [1.29, 1.82) is 0 Å². The number of hydrogen-bond acceptors (Lipinski definition) is 5. The molecule has 1 aromatic carbocycles. The molecule has 6 heteroatoms. The van der Waals surface area contributed by atoms with E-state index in [1.54, 1.807) is 26.3 Å². The lowest BCUT2D eigenvalue weighted by atomic mass is 10.1. The molecule has 23 heavy (non-hydrogen) atoms. The highest BCUT2D eigenvalue weighted by Crippen LogP contribution is 2.27. The van der Waals surface area contributed by atoms with E-state index in [4.69, 9.17) is 4.74 Å². The second-order valence-electron chi connectivity index (χ2n) is 4.83. The number of thiophene rings is 1. The molecular formula is C17H15N3O2S. The van der Waals surface area contributed by atoms with Crippen LogP contribution in [0.1, 0.15) is 9.67 Å². The lowest BCUT2D eigenvalue weighted by Crippen LogP contribution is -2.26. The number of carbonyl (C=O) groups excluding carboxylic acids is 1. The summed E-state index contributed by atoms with van der Waals surface area (Å²) in [6, 6.07) is 15.2. The first-order valence-electron chi connectivity index (χ1n) is 6.99. The third-order valence-electron chi connectivity index (χ3n) is 3.41. The quantitative estimate of drug-likeness (QED) is 0.737. The first-order chi connectivity index (χ1) is 11.2. The number of ether oxygens (including phenoxy) is 1. The van der Waals surface area contributed by atoms with Gasteiger partial charge in [-0.25, -0.2) is 0 Å².